The number of hydrogen-bond donors (Lipinski definition) is 1. The summed E-state index contributed by atoms with van der Waals surface area (Å²) in [5.74, 6) is 0.206. The van der Waals surface area contributed by atoms with E-state index >= 15 is 0 Å². The minimum Gasteiger partial charge on any atom is -0.481 e. The number of rotatable bonds is 15. The van der Waals surface area contributed by atoms with E-state index in [4.69, 9.17) is 5.11 Å². The van der Waals surface area contributed by atoms with E-state index in [0.717, 1.165) is 18.8 Å². The minimum atomic E-state index is -0.665. The van der Waals surface area contributed by atoms with Crippen LogP contribution in [0.4, 0.5) is 0 Å². The molecule has 0 radical (unpaired) electrons. The largest absolute Gasteiger partial charge is 0.481 e. The number of unbranched alkanes of at least 4 members (excludes halogenated alkanes) is 7. The number of aliphatic carboxylic acids is 1. The molecule has 0 aromatic heterocycles. The van der Waals surface area contributed by atoms with E-state index < -0.39 is 5.97 Å². The number of allylic oxidation sites excluding steroid dienone is 2. The molecule has 2 nitrogen and oxygen atoms in total. The zero-order valence-corrected chi connectivity index (χ0v) is 14.3. The van der Waals surface area contributed by atoms with Gasteiger partial charge in [-0.1, -0.05) is 70.9 Å². The summed E-state index contributed by atoms with van der Waals surface area (Å²) < 4.78 is 0. The Morgan fingerprint density at radius 1 is 0.905 bits per heavy atom. The van der Waals surface area contributed by atoms with E-state index in [9.17, 15) is 4.79 Å². The summed E-state index contributed by atoms with van der Waals surface area (Å²) in [6.07, 6.45) is 19.8. The quantitative estimate of drug-likeness (QED) is 0.282. The van der Waals surface area contributed by atoms with Gasteiger partial charge in [0.2, 0.25) is 0 Å². The highest BCUT2D eigenvalue weighted by atomic mass is 16.4. The van der Waals surface area contributed by atoms with E-state index in [-0.39, 0.29) is 0 Å². The van der Waals surface area contributed by atoms with Crippen molar-refractivity contribution in [3.05, 3.63) is 12.2 Å². The van der Waals surface area contributed by atoms with Crippen LogP contribution in [0.15, 0.2) is 12.2 Å². The smallest absolute Gasteiger partial charge is 0.303 e. The molecule has 0 aliphatic rings. The molecule has 0 spiro atoms. The zero-order valence-electron chi connectivity index (χ0n) is 14.3. The van der Waals surface area contributed by atoms with Gasteiger partial charge in [0.15, 0.2) is 0 Å². The Morgan fingerprint density at radius 3 is 2.29 bits per heavy atom. The average molecular weight is 296 g/mol. The van der Waals surface area contributed by atoms with Gasteiger partial charge >= 0.3 is 5.97 Å². The highest BCUT2D eigenvalue weighted by Gasteiger charge is 1.99. The van der Waals surface area contributed by atoms with Crippen LogP contribution in [-0.4, -0.2) is 11.1 Å². The van der Waals surface area contributed by atoms with Gasteiger partial charge in [0.1, 0.15) is 0 Å². The Balaban J connectivity index is 3.23. The average Bonchev–Trinajstić information content (AvgIpc) is 2.44. The van der Waals surface area contributed by atoms with Gasteiger partial charge in [-0.3, -0.25) is 4.79 Å². The summed E-state index contributed by atoms with van der Waals surface area (Å²) in [5, 5.41) is 8.53. The van der Waals surface area contributed by atoms with Gasteiger partial charge in [-0.2, -0.15) is 0 Å². The first-order chi connectivity index (χ1) is 10.2. The van der Waals surface area contributed by atoms with E-state index in [1.54, 1.807) is 0 Å². The molecule has 0 aromatic rings. The van der Waals surface area contributed by atoms with Gasteiger partial charge in [0, 0.05) is 6.42 Å². The molecule has 0 saturated heterocycles. The normalized spacial score (nSPS) is 12.9. The van der Waals surface area contributed by atoms with Crippen molar-refractivity contribution in [2.45, 2.75) is 97.3 Å². The lowest BCUT2D eigenvalue weighted by Crippen LogP contribution is -1.93. The van der Waals surface area contributed by atoms with Gasteiger partial charge in [-0.25, -0.2) is 0 Å². The molecule has 0 aliphatic heterocycles. The molecule has 124 valence electrons. The Morgan fingerprint density at radius 2 is 1.57 bits per heavy atom. The number of hydrogen-bond acceptors (Lipinski definition) is 1. The van der Waals surface area contributed by atoms with Crippen LogP contribution in [0.2, 0.25) is 0 Å². The molecule has 0 heterocycles. The third kappa shape index (κ3) is 17.2. The van der Waals surface area contributed by atoms with Crippen molar-refractivity contribution in [1.29, 1.82) is 0 Å². The lowest BCUT2D eigenvalue weighted by molar-refractivity contribution is -0.137. The van der Waals surface area contributed by atoms with Gasteiger partial charge in [0.25, 0.3) is 0 Å². The fraction of sp³-hybridized carbons (Fsp3) is 0.842. The summed E-state index contributed by atoms with van der Waals surface area (Å²) in [7, 11) is 0. The van der Waals surface area contributed by atoms with Crippen LogP contribution in [0.25, 0.3) is 0 Å². The van der Waals surface area contributed by atoms with Crippen molar-refractivity contribution in [3.8, 4) is 0 Å². The van der Waals surface area contributed by atoms with E-state index in [0.29, 0.717) is 6.42 Å². The molecule has 21 heavy (non-hydrogen) atoms. The summed E-state index contributed by atoms with van der Waals surface area (Å²) in [5.41, 5.74) is 0. The highest BCUT2D eigenvalue weighted by Crippen LogP contribution is 2.15. The van der Waals surface area contributed by atoms with Crippen molar-refractivity contribution in [3.63, 3.8) is 0 Å². The Labute approximate surface area is 132 Å². The van der Waals surface area contributed by atoms with Crippen LogP contribution < -0.4 is 0 Å². The van der Waals surface area contributed by atoms with Gasteiger partial charge in [0.05, 0.1) is 0 Å². The third-order valence-corrected chi connectivity index (χ3v) is 4.05. The molecule has 0 rings (SSSR count). The topological polar surface area (TPSA) is 37.3 Å². The van der Waals surface area contributed by atoms with Crippen molar-refractivity contribution in [2.24, 2.45) is 5.92 Å². The van der Waals surface area contributed by atoms with Crippen molar-refractivity contribution in [2.75, 3.05) is 0 Å². The van der Waals surface area contributed by atoms with Crippen molar-refractivity contribution in [1.82, 2.24) is 0 Å². The second-order valence-electron chi connectivity index (χ2n) is 6.35. The zero-order chi connectivity index (χ0) is 15.8. The monoisotopic (exact) mass is 296 g/mol. The molecule has 1 unspecified atom stereocenters. The number of carboxylic acids is 1. The first-order valence-electron chi connectivity index (χ1n) is 9.03. The number of carbonyl (C=O) groups is 1. The lowest BCUT2D eigenvalue weighted by atomic mass is 9.98. The van der Waals surface area contributed by atoms with Crippen LogP contribution in [0.3, 0.4) is 0 Å². The highest BCUT2D eigenvalue weighted by molar-refractivity contribution is 5.66. The molecule has 1 atom stereocenters. The summed E-state index contributed by atoms with van der Waals surface area (Å²) in [6, 6.07) is 0. The molecule has 2 heteroatoms. The SMILES string of the molecule is CCCCCC(C)CC/C=C\CCCCCCCC(=O)O. The fourth-order valence-corrected chi connectivity index (χ4v) is 2.57. The predicted octanol–water partition coefficient (Wildman–Crippen LogP) is 6.35. The molecule has 0 aliphatic carbocycles. The van der Waals surface area contributed by atoms with Crippen LogP contribution in [-0.2, 0) is 4.79 Å². The molecular formula is C19H36O2. The van der Waals surface area contributed by atoms with Gasteiger partial charge in [-0.15, -0.1) is 0 Å². The minimum absolute atomic E-state index is 0.330. The first-order valence-corrected chi connectivity index (χ1v) is 9.03. The van der Waals surface area contributed by atoms with Crippen molar-refractivity contribution >= 4 is 5.97 Å². The second-order valence-corrected chi connectivity index (χ2v) is 6.35. The van der Waals surface area contributed by atoms with Gasteiger partial charge in [-0.05, 0) is 38.0 Å². The maximum atomic E-state index is 10.3. The van der Waals surface area contributed by atoms with E-state index in [2.05, 4.69) is 26.0 Å². The van der Waals surface area contributed by atoms with Crippen LogP contribution in [0.5, 0.6) is 0 Å². The van der Waals surface area contributed by atoms with Gasteiger partial charge < -0.3 is 5.11 Å². The maximum absolute atomic E-state index is 10.3. The van der Waals surface area contributed by atoms with Crippen molar-refractivity contribution < 1.29 is 9.90 Å². The van der Waals surface area contributed by atoms with Crippen LogP contribution in [0.1, 0.15) is 97.3 Å². The molecule has 0 bridgehead atoms. The standard InChI is InChI=1S/C19H36O2/c1-3-4-12-15-18(2)16-13-10-8-6-5-7-9-11-14-17-19(20)21/h8,10,18H,3-7,9,11-17H2,1-2H3,(H,20,21)/b10-8-. The molecule has 0 fully saturated rings. The van der Waals surface area contributed by atoms with Crippen LogP contribution >= 0.6 is 0 Å². The molecule has 0 saturated carbocycles. The molecular weight excluding hydrogens is 260 g/mol. The summed E-state index contributed by atoms with van der Waals surface area (Å²) >= 11 is 0. The van der Waals surface area contributed by atoms with Crippen LogP contribution in [0, 0.1) is 5.92 Å². The number of carboxylic acid groups (broad SMARTS) is 1. The predicted molar refractivity (Wildman–Crippen MR) is 91.6 cm³/mol. The lowest BCUT2D eigenvalue weighted by Gasteiger charge is -2.08. The van der Waals surface area contributed by atoms with E-state index in [1.807, 2.05) is 0 Å². The first kappa shape index (κ1) is 20.2. The Kier molecular flexibility index (Phi) is 15.0. The summed E-state index contributed by atoms with van der Waals surface area (Å²) in [4.78, 5) is 10.3. The third-order valence-electron chi connectivity index (χ3n) is 4.05. The fourth-order valence-electron chi connectivity index (χ4n) is 2.57. The van der Waals surface area contributed by atoms with E-state index in [1.165, 1.54) is 64.2 Å². The second kappa shape index (κ2) is 15.6. The molecule has 0 amide bonds. The Bertz CT molecular complexity index is 258. The molecule has 1 N–H and O–H groups in total. The Hall–Kier alpha value is -0.790. The molecule has 0 aromatic carbocycles. The summed E-state index contributed by atoms with van der Waals surface area (Å²) in [6.45, 7) is 4.64. The maximum Gasteiger partial charge on any atom is 0.303 e.